The van der Waals surface area contributed by atoms with Crippen LogP contribution >= 0.6 is 0 Å². The van der Waals surface area contributed by atoms with Gasteiger partial charge in [-0.15, -0.1) is 10.2 Å². The highest BCUT2D eigenvalue weighted by molar-refractivity contribution is 5.89. The summed E-state index contributed by atoms with van der Waals surface area (Å²) in [7, 11) is 0. The fraction of sp³-hybridized carbons (Fsp3) is 0.500. The SMILES string of the molecule is CC1CCC(NC(=O)c2nnc(Cc3ccc4c(c3)OCO4)o2)CC1. The van der Waals surface area contributed by atoms with Gasteiger partial charge in [-0.05, 0) is 49.3 Å². The van der Waals surface area contributed by atoms with Crippen LogP contribution in [0, 0.1) is 5.92 Å². The van der Waals surface area contributed by atoms with E-state index < -0.39 is 0 Å². The minimum Gasteiger partial charge on any atom is -0.454 e. The van der Waals surface area contributed by atoms with Crippen molar-refractivity contribution in [2.75, 3.05) is 6.79 Å². The fourth-order valence-corrected chi connectivity index (χ4v) is 3.29. The first kappa shape index (κ1) is 15.9. The summed E-state index contributed by atoms with van der Waals surface area (Å²) in [6, 6.07) is 5.86. The van der Waals surface area contributed by atoms with Crippen LogP contribution in [0.15, 0.2) is 22.6 Å². The van der Waals surface area contributed by atoms with Crippen LogP contribution in [-0.2, 0) is 6.42 Å². The second-order valence-electron chi connectivity index (χ2n) is 6.80. The average molecular weight is 343 g/mol. The Balaban J connectivity index is 1.37. The molecule has 0 spiro atoms. The topological polar surface area (TPSA) is 86.5 Å². The zero-order valence-corrected chi connectivity index (χ0v) is 14.2. The Morgan fingerprint density at radius 2 is 1.96 bits per heavy atom. The van der Waals surface area contributed by atoms with Crippen molar-refractivity contribution in [3.05, 3.63) is 35.5 Å². The van der Waals surface area contributed by atoms with Crippen molar-refractivity contribution in [2.45, 2.75) is 45.1 Å². The predicted octanol–water partition coefficient (Wildman–Crippen LogP) is 2.70. The second-order valence-corrected chi connectivity index (χ2v) is 6.80. The van der Waals surface area contributed by atoms with Gasteiger partial charge in [0.05, 0.1) is 6.42 Å². The first-order valence-corrected chi connectivity index (χ1v) is 8.69. The van der Waals surface area contributed by atoms with Gasteiger partial charge in [-0.2, -0.15) is 0 Å². The molecule has 1 aromatic carbocycles. The van der Waals surface area contributed by atoms with Crippen molar-refractivity contribution in [3.63, 3.8) is 0 Å². The van der Waals surface area contributed by atoms with E-state index in [1.807, 2.05) is 18.2 Å². The fourth-order valence-electron chi connectivity index (χ4n) is 3.29. The van der Waals surface area contributed by atoms with Crippen LogP contribution in [0.5, 0.6) is 11.5 Å². The average Bonchev–Trinajstić information content (AvgIpc) is 3.26. The Morgan fingerprint density at radius 3 is 2.80 bits per heavy atom. The number of carbonyl (C=O) groups excluding carboxylic acids is 1. The summed E-state index contributed by atoms with van der Waals surface area (Å²) in [5.74, 6) is 2.32. The number of benzene rings is 1. The maximum atomic E-state index is 12.3. The molecule has 2 aliphatic rings. The van der Waals surface area contributed by atoms with Gasteiger partial charge in [-0.1, -0.05) is 13.0 Å². The zero-order chi connectivity index (χ0) is 17.2. The molecule has 0 saturated heterocycles. The maximum absolute atomic E-state index is 12.3. The summed E-state index contributed by atoms with van der Waals surface area (Å²) in [6.07, 6.45) is 4.74. The number of nitrogens with zero attached hydrogens (tertiary/aromatic N) is 2. The largest absolute Gasteiger partial charge is 0.454 e. The number of carbonyl (C=O) groups is 1. The Labute approximate surface area is 145 Å². The molecule has 0 unspecified atom stereocenters. The smallest absolute Gasteiger partial charge is 0.309 e. The summed E-state index contributed by atoms with van der Waals surface area (Å²) in [6.45, 7) is 2.49. The minimum atomic E-state index is -0.288. The van der Waals surface area contributed by atoms with Gasteiger partial charge in [0.1, 0.15) is 0 Å². The quantitative estimate of drug-likeness (QED) is 0.918. The molecule has 0 radical (unpaired) electrons. The van der Waals surface area contributed by atoms with Gasteiger partial charge in [-0.3, -0.25) is 4.79 Å². The third-order valence-electron chi connectivity index (χ3n) is 4.80. The van der Waals surface area contributed by atoms with E-state index in [4.69, 9.17) is 13.9 Å². The molecule has 4 rings (SSSR count). The van der Waals surface area contributed by atoms with Crippen LogP contribution in [0.4, 0.5) is 0 Å². The van der Waals surface area contributed by atoms with Crippen LogP contribution in [0.1, 0.15) is 54.7 Å². The lowest BCUT2D eigenvalue weighted by Gasteiger charge is -2.26. The highest BCUT2D eigenvalue weighted by Gasteiger charge is 2.23. The van der Waals surface area contributed by atoms with Crippen molar-refractivity contribution >= 4 is 5.91 Å². The molecule has 0 atom stereocenters. The third-order valence-corrected chi connectivity index (χ3v) is 4.80. The van der Waals surface area contributed by atoms with Crippen LogP contribution < -0.4 is 14.8 Å². The lowest BCUT2D eigenvalue weighted by molar-refractivity contribution is 0.0886. The van der Waals surface area contributed by atoms with Gasteiger partial charge in [0.2, 0.25) is 12.7 Å². The lowest BCUT2D eigenvalue weighted by Crippen LogP contribution is -2.37. The first-order valence-electron chi connectivity index (χ1n) is 8.69. The maximum Gasteiger partial charge on any atom is 0.309 e. The van der Waals surface area contributed by atoms with Gasteiger partial charge >= 0.3 is 11.8 Å². The predicted molar refractivity (Wildman–Crippen MR) is 88.6 cm³/mol. The summed E-state index contributed by atoms with van der Waals surface area (Å²) in [5, 5.41) is 10.9. The summed E-state index contributed by atoms with van der Waals surface area (Å²) < 4.78 is 16.2. The number of rotatable bonds is 4. The number of fused-ring (bicyclic) bond motifs is 1. The summed E-state index contributed by atoms with van der Waals surface area (Å²) in [5.41, 5.74) is 0.959. The number of amides is 1. The number of aromatic nitrogens is 2. The molecule has 0 bridgehead atoms. The molecular formula is C18H21N3O4. The van der Waals surface area contributed by atoms with Crippen LogP contribution in [0.2, 0.25) is 0 Å². The Hall–Kier alpha value is -2.57. The summed E-state index contributed by atoms with van der Waals surface area (Å²) in [4.78, 5) is 12.3. The van der Waals surface area contributed by atoms with Gasteiger partial charge in [0.25, 0.3) is 0 Å². The molecule has 2 aromatic rings. The van der Waals surface area contributed by atoms with Crippen LogP contribution in [0.25, 0.3) is 0 Å². The third kappa shape index (κ3) is 3.60. The Kier molecular flexibility index (Phi) is 4.29. The number of hydrogen-bond acceptors (Lipinski definition) is 6. The van der Waals surface area contributed by atoms with Crippen molar-refractivity contribution in [2.24, 2.45) is 5.92 Å². The van der Waals surface area contributed by atoms with Crippen molar-refractivity contribution in [1.82, 2.24) is 15.5 Å². The zero-order valence-electron chi connectivity index (χ0n) is 14.2. The number of nitrogens with one attached hydrogen (secondary N) is 1. The molecule has 1 N–H and O–H groups in total. The van der Waals surface area contributed by atoms with Gasteiger partial charge in [0, 0.05) is 6.04 Å². The molecule has 132 valence electrons. The molecule has 1 aliphatic heterocycles. The van der Waals surface area contributed by atoms with E-state index in [2.05, 4.69) is 22.4 Å². The molecule has 1 saturated carbocycles. The molecule has 25 heavy (non-hydrogen) atoms. The van der Waals surface area contributed by atoms with Gasteiger partial charge in [-0.25, -0.2) is 0 Å². The van der Waals surface area contributed by atoms with E-state index in [0.717, 1.165) is 42.9 Å². The van der Waals surface area contributed by atoms with E-state index in [1.165, 1.54) is 0 Å². The van der Waals surface area contributed by atoms with E-state index >= 15 is 0 Å². The summed E-state index contributed by atoms with van der Waals surface area (Å²) >= 11 is 0. The van der Waals surface area contributed by atoms with Crippen LogP contribution in [-0.4, -0.2) is 28.9 Å². The lowest BCUT2D eigenvalue weighted by atomic mass is 9.87. The highest BCUT2D eigenvalue weighted by Crippen LogP contribution is 2.33. The molecular weight excluding hydrogens is 322 g/mol. The van der Waals surface area contributed by atoms with E-state index in [9.17, 15) is 4.79 Å². The van der Waals surface area contributed by atoms with Crippen molar-refractivity contribution in [1.29, 1.82) is 0 Å². The first-order chi connectivity index (χ1) is 12.2. The van der Waals surface area contributed by atoms with Crippen LogP contribution in [0.3, 0.4) is 0 Å². The standard InChI is InChI=1S/C18H21N3O4/c1-11-2-5-13(6-3-11)19-17(22)18-21-20-16(25-18)9-12-4-7-14-15(8-12)24-10-23-14/h4,7-8,11,13H,2-3,5-6,9-10H2,1H3,(H,19,22). The molecule has 2 heterocycles. The number of ether oxygens (including phenoxy) is 2. The van der Waals surface area contributed by atoms with E-state index in [-0.39, 0.29) is 24.6 Å². The van der Waals surface area contributed by atoms with Crippen molar-refractivity contribution in [3.8, 4) is 11.5 Å². The minimum absolute atomic E-state index is 0.0226. The molecule has 1 fully saturated rings. The van der Waals surface area contributed by atoms with Crippen molar-refractivity contribution < 1.29 is 18.7 Å². The molecule has 1 aromatic heterocycles. The Morgan fingerprint density at radius 1 is 1.16 bits per heavy atom. The molecule has 1 amide bonds. The number of hydrogen-bond donors (Lipinski definition) is 1. The van der Waals surface area contributed by atoms with Gasteiger partial charge < -0.3 is 19.2 Å². The molecule has 7 heteroatoms. The highest BCUT2D eigenvalue weighted by atomic mass is 16.7. The monoisotopic (exact) mass is 343 g/mol. The molecule has 7 nitrogen and oxygen atoms in total. The van der Waals surface area contributed by atoms with E-state index in [1.54, 1.807) is 0 Å². The van der Waals surface area contributed by atoms with Gasteiger partial charge in [0.15, 0.2) is 11.5 Å². The van der Waals surface area contributed by atoms with E-state index in [0.29, 0.717) is 18.1 Å². The second kappa shape index (κ2) is 6.74. The Bertz CT molecular complexity index is 765. The molecule has 1 aliphatic carbocycles. The normalized spacial score (nSPS) is 22.0.